The molecule has 2 unspecified atom stereocenters. The summed E-state index contributed by atoms with van der Waals surface area (Å²) in [4.78, 5) is 9.94. The van der Waals surface area contributed by atoms with Gasteiger partial charge < -0.3 is 20.3 Å². The fraction of sp³-hybridized carbons (Fsp3) is 0.435. The number of carbonyl (C=O) groups is 1. The Hall–Kier alpha value is -1.92. The predicted octanol–water partition coefficient (Wildman–Crippen LogP) is 3.45. The summed E-state index contributed by atoms with van der Waals surface area (Å²) in [6.45, 7) is 2.06. The fourth-order valence-electron chi connectivity index (χ4n) is 3.40. The highest BCUT2D eigenvalue weighted by molar-refractivity contribution is 6.30. The normalized spacial score (nSPS) is 16.6. The van der Waals surface area contributed by atoms with Gasteiger partial charge in [-0.1, -0.05) is 48.0 Å². The number of nitrogens with one attached hydrogen (secondary N) is 1. The van der Waals surface area contributed by atoms with Crippen LogP contribution in [0.3, 0.4) is 0 Å². The molecule has 0 spiro atoms. The summed E-state index contributed by atoms with van der Waals surface area (Å²) >= 11 is 5.98. The van der Waals surface area contributed by atoms with Crippen molar-refractivity contribution in [2.75, 3.05) is 19.8 Å². The Morgan fingerprint density at radius 1 is 1.24 bits per heavy atom. The van der Waals surface area contributed by atoms with E-state index in [0.29, 0.717) is 24.2 Å². The molecule has 0 saturated heterocycles. The lowest BCUT2D eigenvalue weighted by atomic mass is 10.0. The molecule has 0 aliphatic heterocycles. The molecule has 2 atom stereocenters. The molecule has 0 aromatic heterocycles. The van der Waals surface area contributed by atoms with Gasteiger partial charge in [0.2, 0.25) is 0 Å². The van der Waals surface area contributed by atoms with Crippen LogP contribution in [0.2, 0.25) is 5.02 Å². The lowest BCUT2D eigenvalue weighted by molar-refractivity contribution is -0.146. The van der Waals surface area contributed by atoms with E-state index in [1.54, 1.807) is 6.92 Å². The van der Waals surface area contributed by atoms with E-state index in [1.807, 2.05) is 24.3 Å². The number of carbonyl (C=O) groups excluding carboxylic acids is 1. The highest BCUT2D eigenvalue weighted by Gasteiger charge is 2.17. The summed E-state index contributed by atoms with van der Waals surface area (Å²) in [6, 6.07) is 16.6. The van der Waals surface area contributed by atoms with Crippen LogP contribution in [0.25, 0.3) is 0 Å². The molecule has 0 saturated carbocycles. The molecule has 0 heterocycles. The van der Waals surface area contributed by atoms with E-state index in [2.05, 4.69) is 34.3 Å². The van der Waals surface area contributed by atoms with E-state index in [-0.39, 0.29) is 0 Å². The summed E-state index contributed by atoms with van der Waals surface area (Å²) in [6.07, 6.45) is 4.03. The SMILES string of the molecule is CCOC(=O)CO.OC(CNC1CCCc2ccccc2C1)c1cccc(Cl)c1. The third kappa shape index (κ3) is 8.15. The number of halogens is 1. The van der Waals surface area contributed by atoms with Crippen LogP contribution in [0.4, 0.5) is 0 Å². The van der Waals surface area contributed by atoms with Gasteiger partial charge >= 0.3 is 5.97 Å². The molecule has 3 rings (SSSR count). The number of hydrogen-bond acceptors (Lipinski definition) is 5. The lowest BCUT2D eigenvalue weighted by Crippen LogP contribution is -2.34. The second kappa shape index (κ2) is 12.6. The number of aryl methyl sites for hydroxylation is 1. The molecular formula is C23H30ClNO4. The van der Waals surface area contributed by atoms with E-state index in [4.69, 9.17) is 16.7 Å². The van der Waals surface area contributed by atoms with Crippen molar-refractivity contribution in [3.63, 3.8) is 0 Å². The van der Waals surface area contributed by atoms with Crippen LogP contribution in [-0.2, 0) is 22.4 Å². The topological polar surface area (TPSA) is 78.8 Å². The zero-order valence-electron chi connectivity index (χ0n) is 16.8. The van der Waals surface area contributed by atoms with Crippen LogP contribution in [-0.4, -0.2) is 42.0 Å². The van der Waals surface area contributed by atoms with E-state index in [9.17, 15) is 9.90 Å². The van der Waals surface area contributed by atoms with Crippen LogP contribution in [0.5, 0.6) is 0 Å². The largest absolute Gasteiger partial charge is 0.464 e. The van der Waals surface area contributed by atoms with Crippen LogP contribution < -0.4 is 5.32 Å². The number of rotatable bonds is 6. The van der Waals surface area contributed by atoms with Crippen molar-refractivity contribution in [2.45, 2.75) is 44.8 Å². The molecule has 0 fully saturated rings. The molecule has 0 bridgehead atoms. The summed E-state index contributed by atoms with van der Waals surface area (Å²) in [7, 11) is 0. The Kier molecular flexibility index (Phi) is 10.2. The second-order valence-corrected chi connectivity index (χ2v) is 7.44. The number of hydrogen-bond donors (Lipinski definition) is 3. The highest BCUT2D eigenvalue weighted by Crippen LogP contribution is 2.22. The third-order valence-electron chi connectivity index (χ3n) is 4.85. The first-order valence-electron chi connectivity index (χ1n) is 10.0. The number of ether oxygens (including phenoxy) is 1. The average Bonchev–Trinajstić information content (AvgIpc) is 2.94. The first-order valence-corrected chi connectivity index (χ1v) is 10.4. The van der Waals surface area contributed by atoms with Crippen molar-refractivity contribution >= 4 is 17.6 Å². The van der Waals surface area contributed by atoms with Crippen LogP contribution in [0, 0.1) is 0 Å². The van der Waals surface area contributed by atoms with Gasteiger partial charge in [0.25, 0.3) is 0 Å². The molecule has 1 aliphatic rings. The first-order chi connectivity index (χ1) is 14.0. The highest BCUT2D eigenvalue weighted by atomic mass is 35.5. The number of fused-ring (bicyclic) bond motifs is 1. The smallest absolute Gasteiger partial charge is 0.331 e. The summed E-state index contributed by atoms with van der Waals surface area (Å²) in [5, 5.41) is 22.5. The molecule has 2 aromatic carbocycles. The quantitative estimate of drug-likeness (QED) is 0.493. The molecular weight excluding hydrogens is 390 g/mol. The molecule has 3 N–H and O–H groups in total. The summed E-state index contributed by atoms with van der Waals surface area (Å²) in [5.41, 5.74) is 3.78. The zero-order valence-corrected chi connectivity index (χ0v) is 17.6. The lowest BCUT2D eigenvalue weighted by Gasteiger charge is -2.20. The van der Waals surface area contributed by atoms with Gasteiger partial charge in [0.15, 0.2) is 0 Å². The minimum Gasteiger partial charge on any atom is -0.464 e. The van der Waals surface area contributed by atoms with Gasteiger partial charge in [-0.2, -0.15) is 0 Å². The Morgan fingerprint density at radius 2 is 2.00 bits per heavy atom. The Labute approximate surface area is 177 Å². The van der Waals surface area contributed by atoms with Crippen molar-refractivity contribution in [1.82, 2.24) is 5.32 Å². The van der Waals surface area contributed by atoms with Gasteiger partial charge in [0.1, 0.15) is 6.61 Å². The maximum Gasteiger partial charge on any atom is 0.331 e. The predicted molar refractivity (Wildman–Crippen MR) is 115 cm³/mol. The minimum absolute atomic E-state index is 0.333. The average molecular weight is 420 g/mol. The fourth-order valence-corrected chi connectivity index (χ4v) is 3.60. The maximum atomic E-state index is 10.3. The van der Waals surface area contributed by atoms with Gasteiger partial charge in [-0.25, -0.2) is 4.79 Å². The van der Waals surface area contributed by atoms with Gasteiger partial charge in [-0.05, 0) is 61.4 Å². The number of benzene rings is 2. The standard InChI is InChI=1S/C19H22ClNO.C4H8O3/c20-17-9-3-8-16(11-17)19(22)13-21-18-10-4-7-14-5-1-2-6-15(14)12-18;1-2-7-4(6)3-5/h1-3,5-6,8-9,11,18-19,21-22H,4,7,10,12-13H2;5H,2-3H2,1H3. The third-order valence-corrected chi connectivity index (χ3v) is 5.09. The maximum absolute atomic E-state index is 10.3. The van der Waals surface area contributed by atoms with Crippen molar-refractivity contribution in [1.29, 1.82) is 0 Å². The molecule has 6 heteroatoms. The molecule has 0 radical (unpaired) electrons. The first kappa shape index (κ1) is 23.4. The van der Waals surface area contributed by atoms with Crippen molar-refractivity contribution in [2.24, 2.45) is 0 Å². The Bertz CT molecular complexity index is 768. The van der Waals surface area contributed by atoms with Crippen molar-refractivity contribution in [3.05, 3.63) is 70.2 Å². The van der Waals surface area contributed by atoms with E-state index >= 15 is 0 Å². The second-order valence-electron chi connectivity index (χ2n) is 7.00. The Morgan fingerprint density at radius 3 is 2.66 bits per heavy atom. The molecule has 29 heavy (non-hydrogen) atoms. The molecule has 1 aliphatic carbocycles. The number of aliphatic hydroxyl groups is 2. The molecule has 5 nitrogen and oxygen atoms in total. The van der Waals surface area contributed by atoms with Crippen LogP contribution >= 0.6 is 11.6 Å². The number of esters is 1. The van der Waals surface area contributed by atoms with Crippen molar-refractivity contribution in [3.8, 4) is 0 Å². The van der Waals surface area contributed by atoms with E-state index in [0.717, 1.165) is 24.8 Å². The summed E-state index contributed by atoms with van der Waals surface area (Å²) in [5.74, 6) is -0.567. The monoisotopic (exact) mass is 419 g/mol. The van der Waals surface area contributed by atoms with Crippen LogP contribution in [0.1, 0.15) is 42.6 Å². The van der Waals surface area contributed by atoms with Gasteiger partial charge in [0.05, 0.1) is 12.7 Å². The molecule has 0 amide bonds. The summed E-state index contributed by atoms with van der Waals surface area (Å²) < 4.78 is 4.30. The number of aliphatic hydroxyl groups excluding tert-OH is 2. The van der Waals surface area contributed by atoms with Gasteiger partial charge in [-0.3, -0.25) is 0 Å². The van der Waals surface area contributed by atoms with E-state index < -0.39 is 18.7 Å². The van der Waals surface area contributed by atoms with Gasteiger partial charge in [-0.15, -0.1) is 0 Å². The minimum atomic E-state index is -0.567. The zero-order chi connectivity index (χ0) is 21.1. The Balaban J connectivity index is 0.000000370. The molecule has 2 aromatic rings. The van der Waals surface area contributed by atoms with E-state index in [1.165, 1.54) is 17.5 Å². The van der Waals surface area contributed by atoms with Crippen molar-refractivity contribution < 1.29 is 19.7 Å². The van der Waals surface area contributed by atoms with Crippen LogP contribution in [0.15, 0.2) is 48.5 Å². The van der Waals surface area contributed by atoms with Gasteiger partial charge in [0, 0.05) is 17.6 Å². The molecule has 158 valence electrons.